The van der Waals surface area contributed by atoms with Crippen molar-refractivity contribution in [3.05, 3.63) is 53.1 Å². The Balaban J connectivity index is 1.63. The van der Waals surface area contributed by atoms with Gasteiger partial charge in [0.05, 0.1) is 0 Å². The van der Waals surface area contributed by atoms with Gasteiger partial charge in [0.2, 0.25) is 0 Å². The lowest BCUT2D eigenvalue weighted by atomic mass is 10.2. The Morgan fingerprint density at radius 3 is 2.95 bits per heavy atom. The Morgan fingerprint density at radius 2 is 2.14 bits per heavy atom. The molecule has 0 bridgehead atoms. The standard InChI is InChI=1S/C15H13ClN4O2/c1-10-6-7-11(8-12(10)16)17-15(21)9-22-20-14-5-3-2-4-13(14)18-19-20/h2-8H,9H2,1H3,(H,17,21). The lowest BCUT2D eigenvalue weighted by Gasteiger charge is -2.08. The zero-order valence-electron chi connectivity index (χ0n) is 11.8. The number of aryl methyl sites for hydroxylation is 1. The van der Waals surface area contributed by atoms with E-state index in [4.69, 9.17) is 16.4 Å². The molecule has 0 atom stereocenters. The summed E-state index contributed by atoms with van der Waals surface area (Å²) in [5.41, 5.74) is 2.97. The number of carbonyl (C=O) groups excluding carboxylic acids is 1. The number of benzene rings is 2. The third-order valence-corrected chi connectivity index (χ3v) is 3.50. The molecule has 0 unspecified atom stereocenters. The molecular weight excluding hydrogens is 304 g/mol. The number of anilines is 1. The topological polar surface area (TPSA) is 69.0 Å². The van der Waals surface area contributed by atoms with Crippen molar-refractivity contribution in [3.8, 4) is 0 Å². The summed E-state index contributed by atoms with van der Waals surface area (Å²) in [4.78, 5) is 18.5. The number of nitrogens with zero attached hydrogens (tertiary/aromatic N) is 3. The Morgan fingerprint density at radius 1 is 1.32 bits per heavy atom. The van der Waals surface area contributed by atoms with Gasteiger partial charge in [-0.2, -0.15) is 0 Å². The smallest absolute Gasteiger partial charge is 0.265 e. The van der Waals surface area contributed by atoms with Gasteiger partial charge in [0.15, 0.2) is 6.61 Å². The highest BCUT2D eigenvalue weighted by atomic mass is 35.5. The van der Waals surface area contributed by atoms with Gasteiger partial charge in [0, 0.05) is 10.7 Å². The second-order valence-electron chi connectivity index (χ2n) is 4.74. The van der Waals surface area contributed by atoms with E-state index in [1.54, 1.807) is 12.1 Å². The number of nitrogens with one attached hydrogen (secondary N) is 1. The van der Waals surface area contributed by atoms with Crippen molar-refractivity contribution in [2.75, 3.05) is 11.9 Å². The first-order chi connectivity index (χ1) is 10.6. The minimum Gasteiger partial charge on any atom is -0.385 e. The van der Waals surface area contributed by atoms with E-state index in [1.165, 1.54) is 4.85 Å². The molecule has 0 radical (unpaired) electrons. The zero-order valence-corrected chi connectivity index (χ0v) is 12.5. The average Bonchev–Trinajstić information content (AvgIpc) is 2.92. The molecule has 1 aromatic heterocycles. The quantitative estimate of drug-likeness (QED) is 0.802. The van der Waals surface area contributed by atoms with Crippen LogP contribution in [0.15, 0.2) is 42.5 Å². The van der Waals surface area contributed by atoms with Gasteiger partial charge in [-0.25, -0.2) is 0 Å². The molecule has 112 valence electrons. The summed E-state index contributed by atoms with van der Waals surface area (Å²) < 4.78 is 0. The zero-order chi connectivity index (χ0) is 15.5. The van der Waals surface area contributed by atoms with Crippen molar-refractivity contribution in [2.24, 2.45) is 0 Å². The molecular formula is C15H13ClN4O2. The Hall–Kier alpha value is -2.60. The fourth-order valence-corrected chi connectivity index (χ4v) is 2.11. The van der Waals surface area contributed by atoms with Gasteiger partial charge in [0.1, 0.15) is 11.0 Å². The van der Waals surface area contributed by atoms with E-state index in [-0.39, 0.29) is 12.5 Å². The third kappa shape index (κ3) is 3.01. The summed E-state index contributed by atoms with van der Waals surface area (Å²) in [5, 5.41) is 11.1. The highest BCUT2D eigenvalue weighted by molar-refractivity contribution is 6.31. The summed E-state index contributed by atoms with van der Waals surface area (Å²) in [5.74, 6) is -0.306. The lowest BCUT2D eigenvalue weighted by molar-refractivity contribution is -0.121. The van der Waals surface area contributed by atoms with E-state index in [1.807, 2.05) is 37.3 Å². The highest BCUT2D eigenvalue weighted by Crippen LogP contribution is 2.19. The van der Waals surface area contributed by atoms with E-state index >= 15 is 0 Å². The van der Waals surface area contributed by atoms with Crippen LogP contribution >= 0.6 is 11.6 Å². The number of amides is 1. The molecule has 0 aliphatic heterocycles. The maximum absolute atomic E-state index is 11.9. The molecule has 6 nitrogen and oxygen atoms in total. The maximum atomic E-state index is 11.9. The van der Waals surface area contributed by atoms with Gasteiger partial charge < -0.3 is 10.2 Å². The number of hydrogen-bond donors (Lipinski definition) is 1. The Bertz CT molecular complexity index is 831. The molecule has 22 heavy (non-hydrogen) atoms. The van der Waals surface area contributed by atoms with Crippen LogP contribution < -0.4 is 10.2 Å². The second-order valence-corrected chi connectivity index (χ2v) is 5.14. The van der Waals surface area contributed by atoms with Gasteiger partial charge >= 0.3 is 0 Å². The predicted molar refractivity (Wildman–Crippen MR) is 83.8 cm³/mol. The fraction of sp³-hybridized carbons (Fsp3) is 0.133. The van der Waals surface area contributed by atoms with E-state index in [0.717, 1.165) is 5.56 Å². The number of hydrogen-bond acceptors (Lipinski definition) is 4. The molecule has 0 spiro atoms. The molecule has 0 fully saturated rings. The minimum absolute atomic E-state index is 0.182. The maximum Gasteiger partial charge on any atom is 0.265 e. The second kappa shape index (κ2) is 6.03. The van der Waals surface area contributed by atoms with Gasteiger partial charge in [-0.15, -0.1) is 5.10 Å². The molecule has 0 aliphatic rings. The van der Waals surface area contributed by atoms with Crippen LogP contribution in [0.5, 0.6) is 0 Å². The van der Waals surface area contributed by atoms with Crippen LogP contribution in [0.2, 0.25) is 5.02 Å². The van der Waals surface area contributed by atoms with E-state index in [9.17, 15) is 4.79 Å². The molecule has 1 heterocycles. The molecule has 0 saturated heterocycles. The lowest BCUT2D eigenvalue weighted by Crippen LogP contribution is -2.26. The van der Waals surface area contributed by atoms with Crippen LogP contribution in [0, 0.1) is 6.92 Å². The van der Waals surface area contributed by atoms with Crippen molar-refractivity contribution in [1.82, 2.24) is 15.2 Å². The first-order valence-corrected chi connectivity index (χ1v) is 7.01. The summed E-state index contributed by atoms with van der Waals surface area (Å²) in [6, 6.07) is 12.6. The highest BCUT2D eigenvalue weighted by Gasteiger charge is 2.08. The number of aromatic nitrogens is 3. The molecule has 0 aliphatic carbocycles. The van der Waals surface area contributed by atoms with Crippen molar-refractivity contribution < 1.29 is 9.63 Å². The first-order valence-electron chi connectivity index (χ1n) is 6.63. The molecule has 7 heteroatoms. The Labute approximate surface area is 131 Å². The predicted octanol–water partition coefficient (Wildman–Crippen LogP) is 2.46. The summed E-state index contributed by atoms with van der Waals surface area (Å²) >= 11 is 6.02. The van der Waals surface area contributed by atoms with Crippen LogP contribution in [-0.4, -0.2) is 27.7 Å². The van der Waals surface area contributed by atoms with Gasteiger partial charge in [-0.3, -0.25) is 4.79 Å². The van der Waals surface area contributed by atoms with Crippen molar-refractivity contribution >= 4 is 34.2 Å². The van der Waals surface area contributed by atoms with E-state index in [2.05, 4.69) is 15.6 Å². The van der Waals surface area contributed by atoms with Gasteiger partial charge in [0.25, 0.3) is 5.91 Å². The largest absolute Gasteiger partial charge is 0.385 e. The molecule has 3 aromatic rings. The normalized spacial score (nSPS) is 10.6. The van der Waals surface area contributed by atoms with Crippen LogP contribution in [0.1, 0.15) is 5.56 Å². The molecule has 2 aromatic carbocycles. The number of carbonyl (C=O) groups is 1. The summed E-state index contributed by atoms with van der Waals surface area (Å²) in [6.07, 6.45) is 0. The monoisotopic (exact) mass is 316 g/mol. The van der Waals surface area contributed by atoms with Crippen LogP contribution in [-0.2, 0) is 4.79 Å². The van der Waals surface area contributed by atoms with Crippen LogP contribution in [0.3, 0.4) is 0 Å². The number of halogens is 1. The van der Waals surface area contributed by atoms with Crippen molar-refractivity contribution in [2.45, 2.75) is 6.92 Å². The molecule has 1 N–H and O–H groups in total. The number of para-hydroxylation sites is 1. The summed E-state index contributed by atoms with van der Waals surface area (Å²) in [6.45, 7) is 1.71. The third-order valence-electron chi connectivity index (χ3n) is 3.10. The fourth-order valence-electron chi connectivity index (χ4n) is 1.93. The van der Waals surface area contributed by atoms with Gasteiger partial charge in [-0.1, -0.05) is 34.6 Å². The van der Waals surface area contributed by atoms with Crippen LogP contribution in [0.25, 0.3) is 11.0 Å². The van der Waals surface area contributed by atoms with Crippen LogP contribution in [0.4, 0.5) is 5.69 Å². The number of rotatable bonds is 4. The van der Waals surface area contributed by atoms with E-state index < -0.39 is 0 Å². The van der Waals surface area contributed by atoms with Gasteiger partial charge in [-0.05, 0) is 42.0 Å². The first kappa shape index (κ1) is 14.3. The molecule has 3 rings (SSSR count). The Kier molecular flexibility index (Phi) is 3.93. The number of fused-ring (bicyclic) bond motifs is 1. The average molecular weight is 317 g/mol. The summed E-state index contributed by atoms with van der Waals surface area (Å²) in [7, 11) is 0. The van der Waals surface area contributed by atoms with E-state index in [0.29, 0.717) is 21.7 Å². The molecule has 1 amide bonds. The molecule has 0 saturated carbocycles. The SMILES string of the molecule is Cc1ccc(NC(=O)COn2nnc3ccccc32)cc1Cl. The van der Waals surface area contributed by atoms with Crippen molar-refractivity contribution in [3.63, 3.8) is 0 Å². The van der Waals surface area contributed by atoms with Crippen molar-refractivity contribution in [1.29, 1.82) is 0 Å². The minimum atomic E-state index is -0.306.